The minimum absolute atomic E-state index is 0.0336. The zero-order valence-electron chi connectivity index (χ0n) is 16.9. The van der Waals surface area contributed by atoms with E-state index in [9.17, 15) is 9.59 Å². The van der Waals surface area contributed by atoms with Gasteiger partial charge in [0.05, 0.1) is 11.4 Å². The van der Waals surface area contributed by atoms with Crippen molar-refractivity contribution in [1.82, 2.24) is 14.8 Å². The quantitative estimate of drug-likeness (QED) is 0.771. The van der Waals surface area contributed by atoms with Crippen molar-refractivity contribution >= 4 is 34.0 Å². The maximum Gasteiger partial charge on any atom is 0.230 e. The number of amides is 2. The molecule has 1 aromatic carbocycles. The number of nitrogens with zero attached hydrogens (tertiary/aromatic N) is 4. The van der Waals surface area contributed by atoms with Gasteiger partial charge in [-0.3, -0.25) is 19.4 Å². The predicted molar refractivity (Wildman–Crippen MR) is 113 cm³/mol. The molecule has 3 rings (SSSR count). The first-order chi connectivity index (χ1) is 13.5. The first-order valence-electron chi connectivity index (χ1n) is 9.80. The molecule has 0 radical (unpaired) electrons. The van der Waals surface area contributed by atoms with Crippen LogP contribution < -0.4 is 4.90 Å². The number of carbonyl (C=O) groups is 2. The third-order valence-corrected chi connectivity index (χ3v) is 5.95. The second-order valence-electron chi connectivity index (χ2n) is 7.09. The summed E-state index contributed by atoms with van der Waals surface area (Å²) in [4.78, 5) is 34.7. The molecule has 0 bridgehead atoms. The van der Waals surface area contributed by atoms with Crippen LogP contribution in [0.4, 0.5) is 10.8 Å². The first kappa shape index (κ1) is 20.5. The summed E-state index contributed by atoms with van der Waals surface area (Å²) in [5.74, 6) is 0.109. The first-order valence-corrected chi connectivity index (χ1v) is 10.7. The minimum Gasteiger partial charge on any atom is -0.342 e. The average molecular weight is 401 g/mol. The maximum atomic E-state index is 12.4. The Bertz CT molecular complexity index is 835. The molecule has 1 aliphatic rings. The fraction of sp³-hybridized carbons (Fsp3) is 0.476. The van der Waals surface area contributed by atoms with Gasteiger partial charge in [0.1, 0.15) is 0 Å². The number of benzene rings is 1. The molecule has 0 unspecified atom stereocenters. The van der Waals surface area contributed by atoms with Crippen molar-refractivity contribution in [2.24, 2.45) is 0 Å². The zero-order valence-corrected chi connectivity index (χ0v) is 17.7. The molecule has 1 saturated heterocycles. The van der Waals surface area contributed by atoms with Crippen LogP contribution >= 0.6 is 11.3 Å². The normalized spacial score (nSPS) is 15.3. The van der Waals surface area contributed by atoms with E-state index < -0.39 is 0 Å². The molecule has 0 saturated carbocycles. The number of anilines is 2. The summed E-state index contributed by atoms with van der Waals surface area (Å²) in [6.07, 6.45) is 1.83. The van der Waals surface area contributed by atoms with Crippen molar-refractivity contribution in [2.75, 3.05) is 31.1 Å². The average Bonchev–Trinajstić information content (AvgIpc) is 2.98. The van der Waals surface area contributed by atoms with Crippen LogP contribution in [0.15, 0.2) is 29.6 Å². The molecule has 2 aromatic rings. The Morgan fingerprint density at radius 3 is 2.64 bits per heavy atom. The van der Waals surface area contributed by atoms with E-state index >= 15 is 0 Å². The van der Waals surface area contributed by atoms with Gasteiger partial charge in [0, 0.05) is 52.0 Å². The molecule has 7 heteroatoms. The molecule has 1 aliphatic heterocycles. The van der Waals surface area contributed by atoms with Crippen molar-refractivity contribution in [3.8, 4) is 0 Å². The Kier molecular flexibility index (Phi) is 6.80. The number of aromatic nitrogens is 1. The van der Waals surface area contributed by atoms with Crippen LogP contribution in [-0.2, 0) is 22.6 Å². The van der Waals surface area contributed by atoms with E-state index in [2.05, 4.69) is 17.9 Å². The van der Waals surface area contributed by atoms with Crippen LogP contribution in [0.25, 0.3) is 0 Å². The van der Waals surface area contributed by atoms with Gasteiger partial charge < -0.3 is 4.90 Å². The van der Waals surface area contributed by atoms with E-state index in [0.29, 0.717) is 5.13 Å². The summed E-state index contributed by atoms with van der Waals surface area (Å²) < 4.78 is 0. The lowest BCUT2D eigenvalue weighted by atomic mass is 10.1. The topological polar surface area (TPSA) is 56.8 Å². The summed E-state index contributed by atoms with van der Waals surface area (Å²) in [5, 5.41) is 2.75. The van der Waals surface area contributed by atoms with Crippen molar-refractivity contribution in [2.45, 2.75) is 40.2 Å². The van der Waals surface area contributed by atoms with E-state index in [1.165, 1.54) is 11.3 Å². The molecule has 0 aliphatic carbocycles. The van der Waals surface area contributed by atoms with E-state index in [-0.39, 0.29) is 11.8 Å². The lowest BCUT2D eigenvalue weighted by Gasteiger charge is -2.21. The number of aryl methyl sites for hydroxylation is 1. The van der Waals surface area contributed by atoms with Crippen LogP contribution in [0, 0.1) is 0 Å². The maximum absolute atomic E-state index is 12.4. The number of thiazole rings is 1. The molecule has 28 heavy (non-hydrogen) atoms. The van der Waals surface area contributed by atoms with Crippen molar-refractivity contribution in [3.05, 3.63) is 40.9 Å². The van der Waals surface area contributed by atoms with Crippen LogP contribution in [0.1, 0.15) is 38.4 Å². The van der Waals surface area contributed by atoms with Gasteiger partial charge in [0.15, 0.2) is 5.13 Å². The second-order valence-corrected chi connectivity index (χ2v) is 7.93. The highest BCUT2D eigenvalue weighted by molar-refractivity contribution is 7.14. The molecule has 1 fully saturated rings. The van der Waals surface area contributed by atoms with E-state index in [1.807, 2.05) is 28.5 Å². The third kappa shape index (κ3) is 4.77. The fourth-order valence-electron chi connectivity index (χ4n) is 3.58. The summed E-state index contributed by atoms with van der Waals surface area (Å²) in [6, 6.07) is 7.98. The Morgan fingerprint density at radius 2 is 1.93 bits per heavy atom. The number of hydrogen-bond acceptors (Lipinski definition) is 5. The van der Waals surface area contributed by atoms with Crippen LogP contribution in [0.3, 0.4) is 0 Å². The summed E-state index contributed by atoms with van der Waals surface area (Å²) in [7, 11) is 0. The number of hydrogen-bond donors (Lipinski definition) is 0. The van der Waals surface area contributed by atoms with Gasteiger partial charge in [-0.25, -0.2) is 4.98 Å². The van der Waals surface area contributed by atoms with Gasteiger partial charge in [0.2, 0.25) is 11.8 Å². The number of para-hydroxylation sites is 1. The standard InChI is InChI=1S/C21H28N4O2S/c1-4-18-8-5-6-9-20(18)25(17(3)27)21-22-19(15-28-21)14-23-10-7-11-24(13-12-23)16(2)26/h5-6,8-9,15H,4,7,10-14H2,1-3H3. The Labute approximate surface area is 170 Å². The third-order valence-electron chi connectivity index (χ3n) is 5.08. The van der Waals surface area contributed by atoms with Gasteiger partial charge in [-0.1, -0.05) is 25.1 Å². The largest absolute Gasteiger partial charge is 0.342 e. The molecule has 2 amide bonds. The molecule has 6 nitrogen and oxygen atoms in total. The molecular formula is C21H28N4O2S. The molecule has 0 spiro atoms. The van der Waals surface area contributed by atoms with Gasteiger partial charge in [-0.15, -0.1) is 11.3 Å². The van der Waals surface area contributed by atoms with Crippen molar-refractivity contribution in [3.63, 3.8) is 0 Å². The highest BCUT2D eigenvalue weighted by Crippen LogP contribution is 2.32. The second kappa shape index (κ2) is 9.30. The molecule has 0 N–H and O–H groups in total. The van der Waals surface area contributed by atoms with E-state index in [4.69, 9.17) is 4.98 Å². The predicted octanol–water partition coefficient (Wildman–Crippen LogP) is 3.44. The van der Waals surface area contributed by atoms with Crippen LogP contribution in [0.5, 0.6) is 0 Å². The highest BCUT2D eigenvalue weighted by Gasteiger charge is 2.22. The van der Waals surface area contributed by atoms with Crippen LogP contribution in [0.2, 0.25) is 0 Å². The van der Waals surface area contributed by atoms with E-state index in [0.717, 1.165) is 62.5 Å². The summed E-state index contributed by atoms with van der Waals surface area (Å²) >= 11 is 1.50. The van der Waals surface area contributed by atoms with E-state index in [1.54, 1.807) is 18.7 Å². The SMILES string of the molecule is CCc1ccccc1N(C(C)=O)c1nc(CN2CCCN(C(C)=O)CC2)cs1. The lowest BCUT2D eigenvalue weighted by Crippen LogP contribution is -2.33. The fourth-order valence-corrected chi connectivity index (χ4v) is 4.45. The Morgan fingerprint density at radius 1 is 1.14 bits per heavy atom. The number of carbonyl (C=O) groups excluding carboxylic acids is 2. The summed E-state index contributed by atoms with van der Waals surface area (Å²) in [5.41, 5.74) is 3.01. The Hall–Kier alpha value is -2.25. The molecule has 0 atom stereocenters. The minimum atomic E-state index is -0.0336. The zero-order chi connectivity index (χ0) is 20.1. The lowest BCUT2D eigenvalue weighted by molar-refractivity contribution is -0.128. The molecule has 150 valence electrons. The molecule has 2 heterocycles. The smallest absolute Gasteiger partial charge is 0.230 e. The highest BCUT2D eigenvalue weighted by atomic mass is 32.1. The molecular weight excluding hydrogens is 372 g/mol. The van der Waals surface area contributed by atoms with Crippen molar-refractivity contribution < 1.29 is 9.59 Å². The van der Waals surface area contributed by atoms with Gasteiger partial charge in [-0.2, -0.15) is 0 Å². The monoisotopic (exact) mass is 400 g/mol. The van der Waals surface area contributed by atoms with Crippen LogP contribution in [-0.4, -0.2) is 52.8 Å². The van der Waals surface area contributed by atoms with Crippen molar-refractivity contribution in [1.29, 1.82) is 0 Å². The Balaban J connectivity index is 1.75. The number of rotatable bonds is 5. The van der Waals surface area contributed by atoms with Gasteiger partial charge in [0.25, 0.3) is 0 Å². The van der Waals surface area contributed by atoms with Gasteiger partial charge >= 0.3 is 0 Å². The summed E-state index contributed by atoms with van der Waals surface area (Å²) in [6.45, 7) is 9.42. The van der Waals surface area contributed by atoms with Gasteiger partial charge in [-0.05, 0) is 24.5 Å². The molecule has 1 aromatic heterocycles.